The van der Waals surface area contributed by atoms with Crippen molar-refractivity contribution in [2.45, 2.75) is 61.8 Å². The summed E-state index contributed by atoms with van der Waals surface area (Å²) in [6.45, 7) is 15.5. The summed E-state index contributed by atoms with van der Waals surface area (Å²) in [4.78, 5) is 0. The smallest absolute Gasteiger partial charge is 0.406 e. The molecular weight excluding hydrogens is 341 g/mol. The van der Waals surface area contributed by atoms with Gasteiger partial charge in [-0.15, -0.1) is 25.5 Å². The third-order valence-electron chi connectivity index (χ3n) is 2.06. The molecule has 6 heteroatoms. The van der Waals surface area contributed by atoms with E-state index in [9.17, 15) is 13.2 Å². The second-order valence-electron chi connectivity index (χ2n) is 3.73. The summed E-state index contributed by atoms with van der Waals surface area (Å²) < 4.78 is 41.1. The van der Waals surface area contributed by atoms with Crippen LogP contribution in [0.5, 0.6) is 5.75 Å². The summed E-state index contributed by atoms with van der Waals surface area (Å²) >= 11 is 0. The molecule has 1 heterocycles. The molecule has 0 saturated carbocycles. The predicted molar refractivity (Wildman–Crippen MR) is 104 cm³/mol. The number of nitrogens with zero attached hydrogens (tertiary/aromatic N) is 2. The number of terminal acetylenes is 1. The molecule has 0 fully saturated rings. The van der Waals surface area contributed by atoms with E-state index in [-0.39, 0.29) is 5.75 Å². The van der Waals surface area contributed by atoms with Crippen LogP contribution in [0, 0.1) is 19.3 Å². The van der Waals surface area contributed by atoms with E-state index in [1.165, 1.54) is 24.3 Å². The zero-order valence-corrected chi connectivity index (χ0v) is 17.0. The van der Waals surface area contributed by atoms with Crippen LogP contribution < -0.4 is 4.74 Å². The lowest BCUT2D eigenvalue weighted by Crippen LogP contribution is -2.17. The van der Waals surface area contributed by atoms with Gasteiger partial charge >= 0.3 is 6.36 Å². The standard InChI is InChI=1S/C11H9F3N2O.C3H4.3C2H6/c1-8-6-7-16(15-8)9-2-4-10(5-3-9)17-11(12,13)14;1-3-2;3*1-2/h2-7H,1H3;1H,2H3;3*1-2H3. The highest BCUT2D eigenvalue weighted by Crippen LogP contribution is 2.23. The van der Waals surface area contributed by atoms with Gasteiger partial charge in [-0.2, -0.15) is 5.10 Å². The van der Waals surface area contributed by atoms with Crippen molar-refractivity contribution in [3.05, 3.63) is 42.2 Å². The predicted octanol–water partition coefficient (Wildman–Crippen LogP) is 6.80. The van der Waals surface area contributed by atoms with Gasteiger partial charge in [0.25, 0.3) is 0 Å². The molecule has 0 bridgehead atoms. The topological polar surface area (TPSA) is 27.1 Å². The van der Waals surface area contributed by atoms with Crippen LogP contribution in [0.25, 0.3) is 5.69 Å². The molecule has 3 nitrogen and oxygen atoms in total. The largest absolute Gasteiger partial charge is 0.573 e. The van der Waals surface area contributed by atoms with Crippen LogP contribution >= 0.6 is 0 Å². The lowest BCUT2D eigenvalue weighted by molar-refractivity contribution is -0.274. The number of hydrogen-bond donors (Lipinski definition) is 0. The normalized spacial score (nSPS) is 8.54. The molecule has 0 spiro atoms. The number of halogens is 3. The maximum atomic E-state index is 11.9. The van der Waals surface area contributed by atoms with E-state index in [1.807, 2.05) is 48.5 Å². The summed E-state index contributed by atoms with van der Waals surface area (Å²) in [6.07, 6.45) is 1.67. The molecule has 0 amide bonds. The van der Waals surface area contributed by atoms with Crippen molar-refractivity contribution >= 4 is 0 Å². The Morgan fingerprint density at radius 3 is 1.69 bits per heavy atom. The van der Waals surface area contributed by atoms with Crippen molar-refractivity contribution in [1.82, 2.24) is 9.78 Å². The highest BCUT2D eigenvalue weighted by Gasteiger charge is 2.30. The Morgan fingerprint density at radius 2 is 1.38 bits per heavy atom. The molecule has 1 aromatic heterocycles. The number of aromatic nitrogens is 2. The monoisotopic (exact) mass is 372 g/mol. The third kappa shape index (κ3) is 14.0. The van der Waals surface area contributed by atoms with Crippen molar-refractivity contribution in [2.24, 2.45) is 0 Å². The number of benzene rings is 1. The van der Waals surface area contributed by atoms with E-state index in [0.717, 1.165) is 5.69 Å². The minimum Gasteiger partial charge on any atom is -0.406 e. The van der Waals surface area contributed by atoms with Crippen LogP contribution in [0.2, 0.25) is 0 Å². The highest BCUT2D eigenvalue weighted by molar-refractivity contribution is 5.36. The first-order valence-electron chi connectivity index (χ1n) is 8.61. The van der Waals surface area contributed by atoms with E-state index < -0.39 is 6.36 Å². The number of alkyl halides is 3. The van der Waals surface area contributed by atoms with Gasteiger partial charge in [0.15, 0.2) is 0 Å². The van der Waals surface area contributed by atoms with E-state index >= 15 is 0 Å². The summed E-state index contributed by atoms with van der Waals surface area (Å²) in [5, 5.41) is 4.14. The Morgan fingerprint density at radius 1 is 0.962 bits per heavy atom. The van der Waals surface area contributed by atoms with Gasteiger partial charge in [0.2, 0.25) is 0 Å². The van der Waals surface area contributed by atoms with Gasteiger partial charge in [-0.05, 0) is 44.2 Å². The molecule has 0 radical (unpaired) electrons. The summed E-state index contributed by atoms with van der Waals surface area (Å²) in [5.41, 5.74) is 1.51. The summed E-state index contributed by atoms with van der Waals surface area (Å²) in [6, 6.07) is 7.32. The maximum absolute atomic E-state index is 11.9. The minimum absolute atomic E-state index is 0.245. The second-order valence-corrected chi connectivity index (χ2v) is 3.73. The summed E-state index contributed by atoms with van der Waals surface area (Å²) in [7, 11) is 0. The van der Waals surface area contributed by atoms with Crippen LogP contribution in [0.15, 0.2) is 36.5 Å². The minimum atomic E-state index is -4.66. The SMILES string of the molecule is C#CC.CC.CC.CC.Cc1ccn(-c2ccc(OC(F)(F)F)cc2)n1. The first kappa shape index (κ1) is 28.4. The van der Waals surface area contributed by atoms with Crippen molar-refractivity contribution in [3.8, 4) is 23.8 Å². The number of hydrogen-bond acceptors (Lipinski definition) is 2. The molecule has 0 saturated heterocycles. The molecule has 0 aliphatic carbocycles. The maximum Gasteiger partial charge on any atom is 0.573 e. The second kappa shape index (κ2) is 17.4. The van der Waals surface area contributed by atoms with Gasteiger partial charge in [0.1, 0.15) is 5.75 Å². The van der Waals surface area contributed by atoms with Gasteiger partial charge in [0, 0.05) is 6.20 Å². The fourth-order valence-corrected chi connectivity index (χ4v) is 1.36. The zero-order chi connectivity index (χ0) is 21.2. The van der Waals surface area contributed by atoms with Crippen LogP contribution in [0.3, 0.4) is 0 Å². The van der Waals surface area contributed by atoms with Gasteiger partial charge in [-0.1, -0.05) is 41.5 Å². The van der Waals surface area contributed by atoms with Gasteiger partial charge in [0.05, 0.1) is 11.4 Å². The van der Waals surface area contributed by atoms with Crippen molar-refractivity contribution < 1.29 is 17.9 Å². The third-order valence-corrected chi connectivity index (χ3v) is 2.06. The molecule has 26 heavy (non-hydrogen) atoms. The molecule has 1 aromatic carbocycles. The molecule has 148 valence electrons. The Kier molecular flexibility index (Phi) is 19.0. The molecule has 2 rings (SSSR count). The zero-order valence-electron chi connectivity index (χ0n) is 17.0. The molecule has 0 N–H and O–H groups in total. The quantitative estimate of drug-likeness (QED) is 0.542. The van der Waals surface area contributed by atoms with E-state index in [2.05, 4.69) is 22.2 Å². The molecular formula is C20H31F3N2O. The lowest BCUT2D eigenvalue weighted by Gasteiger charge is -2.09. The average Bonchev–Trinajstić information content (AvgIpc) is 3.07. The first-order valence-corrected chi connectivity index (χ1v) is 8.61. The number of aryl methyl sites for hydroxylation is 1. The van der Waals surface area contributed by atoms with Gasteiger partial charge in [-0.3, -0.25) is 0 Å². The molecule has 0 unspecified atom stereocenters. The fourth-order valence-electron chi connectivity index (χ4n) is 1.36. The van der Waals surface area contributed by atoms with Crippen LogP contribution in [-0.2, 0) is 0 Å². The van der Waals surface area contributed by atoms with Crippen LogP contribution in [-0.4, -0.2) is 16.1 Å². The van der Waals surface area contributed by atoms with Crippen LogP contribution in [0.1, 0.15) is 54.2 Å². The fraction of sp³-hybridized carbons (Fsp3) is 0.450. The lowest BCUT2D eigenvalue weighted by atomic mass is 10.3. The van der Waals surface area contributed by atoms with Crippen molar-refractivity contribution in [3.63, 3.8) is 0 Å². The van der Waals surface area contributed by atoms with E-state index in [1.54, 1.807) is 23.9 Å². The Hall–Kier alpha value is -2.42. The van der Waals surface area contributed by atoms with Crippen molar-refractivity contribution in [1.29, 1.82) is 0 Å². The van der Waals surface area contributed by atoms with E-state index in [4.69, 9.17) is 0 Å². The Bertz CT molecular complexity index is 582. The highest BCUT2D eigenvalue weighted by atomic mass is 19.4. The molecule has 0 aliphatic heterocycles. The number of rotatable bonds is 2. The number of ether oxygens (including phenoxy) is 1. The van der Waals surface area contributed by atoms with Crippen LogP contribution in [0.4, 0.5) is 13.2 Å². The molecule has 0 aliphatic rings. The molecule has 0 atom stereocenters. The van der Waals surface area contributed by atoms with Gasteiger partial charge < -0.3 is 4.74 Å². The van der Waals surface area contributed by atoms with Gasteiger partial charge in [-0.25, -0.2) is 4.68 Å². The first-order chi connectivity index (χ1) is 12.4. The van der Waals surface area contributed by atoms with E-state index in [0.29, 0.717) is 5.69 Å². The Balaban J connectivity index is -0.000000509. The Labute approximate surface area is 156 Å². The molecule has 2 aromatic rings. The average molecular weight is 372 g/mol. The summed E-state index contributed by atoms with van der Waals surface area (Å²) in [5.74, 6) is 2.00. The van der Waals surface area contributed by atoms with Crippen molar-refractivity contribution in [2.75, 3.05) is 0 Å².